The van der Waals surface area contributed by atoms with Crippen molar-refractivity contribution in [1.29, 1.82) is 0 Å². The van der Waals surface area contributed by atoms with Gasteiger partial charge >= 0.3 is 0 Å². The number of hydrogen-bond acceptors (Lipinski definition) is 2. The SMILES string of the molecule is O=C1CSC(c2ccc(Cl)cc2Cl)N1c1c(-c2ccccc2)[nH]c2ccccc12. The summed E-state index contributed by atoms with van der Waals surface area (Å²) in [5, 5.41) is 1.94. The van der Waals surface area contributed by atoms with Crippen molar-refractivity contribution >= 4 is 57.5 Å². The molecule has 3 aromatic carbocycles. The zero-order valence-electron chi connectivity index (χ0n) is 15.2. The van der Waals surface area contributed by atoms with Gasteiger partial charge in [-0.15, -0.1) is 11.8 Å². The van der Waals surface area contributed by atoms with E-state index in [2.05, 4.69) is 4.98 Å². The third-order valence-corrected chi connectivity index (χ3v) is 6.83. The molecule has 29 heavy (non-hydrogen) atoms. The molecule has 1 amide bonds. The topological polar surface area (TPSA) is 36.1 Å². The lowest BCUT2D eigenvalue weighted by Gasteiger charge is -2.26. The standard InChI is InChI=1S/C23H16Cl2N2OS/c24-15-10-11-16(18(25)12-15)23-27(20(28)13-29-23)22-17-8-4-5-9-19(17)26-21(22)14-6-2-1-3-7-14/h1-12,23,26H,13H2. The molecule has 5 rings (SSSR count). The van der Waals surface area contributed by atoms with E-state index in [4.69, 9.17) is 23.2 Å². The van der Waals surface area contributed by atoms with Gasteiger partial charge in [0.15, 0.2) is 0 Å². The average Bonchev–Trinajstić information content (AvgIpc) is 3.29. The molecule has 1 fully saturated rings. The Morgan fingerprint density at radius 2 is 1.72 bits per heavy atom. The maximum atomic E-state index is 13.1. The van der Waals surface area contributed by atoms with Crippen molar-refractivity contribution in [2.45, 2.75) is 5.37 Å². The number of carbonyl (C=O) groups excluding carboxylic acids is 1. The summed E-state index contributed by atoms with van der Waals surface area (Å²) in [5.74, 6) is 0.463. The van der Waals surface area contributed by atoms with Crippen molar-refractivity contribution in [2.24, 2.45) is 0 Å². The first-order chi connectivity index (χ1) is 14.1. The lowest BCUT2D eigenvalue weighted by Crippen LogP contribution is -2.28. The van der Waals surface area contributed by atoms with Gasteiger partial charge in [0.1, 0.15) is 5.37 Å². The van der Waals surface area contributed by atoms with Gasteiger partial charge in [-0.1, -0.05) is 77.8 Å². The Morgan fingerprint density at radius 3 is 2.52 bits per heavy atom. The highest BCUT2D eigenvalue weighted by molar-refractivity contribution is 8.00. The Bertz CT molecular complexity index is 1220. The summed E-state index contributed by atoms with van der Waals surface area (Å²) in [6, 6.07) is 23.6. The molecule has 6 heteroatoms. The predicted molar refractivity (Wildman–Crippen MR) is 123 cm³/mol. The summed E-state index contributed by atoms with van der Waals surface area (Å²) in [6.07, 6.45) is 0. The molecule has 1 unspecified atom stereocenters. The van der Waals surface area contributed by atoms with Crippen LogP contribution in [0.3, 0.4) is 0 Å². The number of nitrogens with zero attached hydrogens (tertiary/aromatic N) is 1. The zero-order chi connectivity index (χ0) is 20.0. The van der Waals surface area contributed by atoms with E-state index in [0.29, 0.717) is 15.8 Å². The Kier molecular flexibility index (Phi) is 4.78. The first kappa shape index (κ1) is 18.6. The molecule has 2 heterocycles. The Hall–Kier alpha value is -2.40. The number of carbonyl (C=O) groups is 1. The maximum absolute atomic E-state index is 13.1. The number of aromatic nitrogens is 1. The van der Waals surface area contributed by atoms with Crippen LogP contribution in [0.15, 0.2) is 72.8 Å². The molecule has 3 nitrogen and oxygen atoms in total. The maximum Gasteiger partial charge on any atom is 0.238 e. The molecule has 1 aliphatic heterocycles. The van der Waals surface area contributed by atoms with E-state index in [1.807, 2.05) is 71.6 Å². The van der Waals surface area contributed by atoms with Crippen LogP contribution in [0.5, 0.6) is 0 Å². The minimum Gasteiger partial charge on any atom is -0.353 e. The first-order valence-corrected chi connectivity index (χ1v) is 11.0. The van der Waals surface area contributed by atoms with Crippen molar-refractivity contribution in [3.05, 3.63) is 88.4 Å². The average molecular weight is 439 g/mol. The Labute approximate surface area is 182 Å². The highest BCUT2D eigenvalue weighted by Gasteiger charge is 2.38. The van der Waals surface area contributed by atoms with Crippen LogP contribution in [0.2, 0.25) is 10.0 Å². The van der Waals surface area contributed by atoms with Gasteiger partial charge in [-0.3, -0.25) is 9.69 Å². The van der Waals surface area contributed by atoms with Crippen LogP contribution in [0.25, 0.3) is 22.2 Å². The Balaban J connectivity index is 1.74. The van der Waals surface area contributed by atoms with Crippen LogP contribution in [0.1, 0.15) is 10.9 Å². The molecular weight excluding hydrogens is 423 g/mol. The summed E-state index contributed by atoms with van der Waals surface area (Å²) in [6.45, 7) is 0. The molecular formula is C23H16Cl2N2OS. The smallest absolute Gasteiger partial charge is 0.238 e. The lowest BCUT2D eigenvalue weighted by atomic mass is 10.1. The number of nitrogens with one attached hydrogen (secondary N) is 1. The minimum absolute atomic E-state index is 0.0629. The molecule has 0 radical (unpaired) electrons. The third kappa shape index (κ3) is 3.21. The van der Waals surface area contributed by atoms with Crippen molar-refractivity contribution in [3.8, 4) is 11.3 Å². The monoisotopic (exact) mass is 438 g/mol. The summed E-state index contributed by atoms with van der Waals surface area (Å²) in [4.78, 5) is 18.5. The lowest BCUT2D eigenvalue weighted by molar-refractivity contribution is -0.115. The van der Waals surface area contributed by atoms with Crippen LogP contribution in [0, 0.1) is 0 Å². The van der Waals surface area contributed by atoms with E-state index in [9.17, 15) is 4.79 Å². The molecule has 144 valence electrons. The van der Waals surface area contributed by atoms with Crippen molar-refractivity contribution in [1.82, 2.24) is 4.98 Å². The number of hydrogen-bond donors (Lipinski definition) is 1. The van der Waals surface area contributed by atoms with Gasteiger partial charge in [-0.25, -0.2) is 0 Å². The van der Waals surface area contributed by atoms with Gasteiger partial charge in [0.05, 0.1) is 17.1 Å². The van der Waals surface area contributed by atoms with E-state index in [-0.39, 0.29) is 11.3 Å². The van der Waals surface area contributed by atoms with E-state index >= 15 is 0 Å². The molecule has 1 atom stereocenters. The molecule has 1 aromatic heterocycles. The van der Waals surface area contributed by atoms with Crippen LogP contribution in [0.4, 0.5) is 5.69 Å². The van der Waals surface area contributed by atoms with Gasteiger partial charge in [-0.2, -0.15) is 0 Å². The molecule has 0 bridgehead atoms. The highest BCUT2D eigenvalue weighted by Crippen LogP contribution is 2.49. The molecule has 1 aliphatic rings. The number of anilines is 1. The molecule has 4 aromatic rings. The third-order valence-electron chi connectivity index (χ3n) is 5.08. The fraction of sp³-hybridized carbons (Fsp3) is 0.0870. The first-order valence-electron chi connectivity index (χ1n) is 9.18. The summed E-state index contributed by atoms with van der Waals surface area (Å²) in [5.41, 5.74) is 4.73. The molecule has 0 spiro atoms. The number of fused-ring (bicyclic) bond motifs is 1. The fourth-order valence-corrected chi connectivity index (χ4v) is 5.56. The van der Waals surface area contributed by atoms with Crippen molar-refractivity contribution < 1.29 is 4.79 Å². The number of aromatic amines is 1. The van der Waals surface area contributed by atoms with Crippen LogP contribution < -0.4 is 4.90 Å². The number of halogens is 2. The number of rotatable bonds is 3. The van der Waals surface area contributed by atoms with Crippen LogP contribution in [-0.2, 0) is 4.79 Å². The second-order valence-corrected chi connectivity index (χ2v) is 8.77. The van der Waals surface area contributed by atoms with Gasteiger partial charge in [0.2, 0.25) is 5.91 Å². The van der Waals surface area contributed by atoms with E-state index in [1.165, 1.54) is 0 Å². The largest absolute Gasteiger partial charge is 0.353 e. The summed E-state index contributed by atoms with van der Waals surface area (Å²) < 4.78 is 0. The number of para-hydroxylation sites is 1. The van der Waals surface area contributed by atoms with Gasteiger partial charge in [0.25, 0.3) is 0 Å². The van der Waals surface area contributed by atoms with Crippen LogP contribution in [-0.4, -0.2) is 16.6 Å². The molecule has 1 N–H and O–H groups in total. The molecule has 0 saturated carbocycles. The van der Waals surface area contributed by atoms with E-state index in [0.717, 1.165) is 33.4 Å². The number of benzene rings is 3. The Morgan fingerprint density at radius 1 is 0.966 bits per heavy atom. The number of thioether (sulfide) groups is 1. The summed E-state index contributed by atoms with van der Waals surface area (Å²) >= 11 is 14.2. The second-order valence-electron chi connectivity index (χ2n) is 6.85. The number of amides is 1. The van der Waals surface area contributed by atoms with E-state index in [1.54, 1.807) is 17.8 Å². The predicted octanol–water partition coefficient (Wildman–Crippen LogP) is 6.92. The quantitative estimate of drug-likeness (QED) is 0.376. The molecule has 0 aliphatic carbocycles. The number of H-pyrrole nitrogens is 1. The van der Waals surface area contributed by atoms with Gasteiger partial charge < -0.3 is 4.98 Å². The van der Waals surface area contributed by atoms with Crippen molar-refractivity contribution in [3.63, 3.8) is 0 Å². The molecule has 1 saturated heterocycles. The fourth-order valence-electron chi connectivity index (χ4n) is 3.79. The van der Waals surface area contributed by atoms with Crippen LogP contribution >= 0.6 is 35.0 Å². The van der Waals surface area contributed by atoms with Gasteiger partial charge in [0, 0.05) is 32.1 Å². The highest BCUT2D eigenvalue weighted by atomic mass is 35.5. The van der Waals surface area contributed by atoms with Gasteiger partial charge in [-0.05, 0) is 18.2 Å². The minimum atomic E-state index is -0.214. The zero-order valence-corrected chi connectivity index (χ0v) is 17.6. The second kappa shape index (κ2) is 7.45. The van der Waals surface area contributed by atoms with Crippen molar-refractivity contribution in [2.75, 3.05) is 10.7 Å². The van der Waals surface area contributed by atoms with E-state index < -0.39 is 0 Å². The summed E-state index contributed by atoms with van der Waals surface area (Å²) in [7, 11) is 0. The normalized spacial score (nSPS) is 16.7.